The minimum atomic E-state index is 0.792. The van der Waals surface area contributed by atoms with Gasteiger partial charge < -0.3 is 5.73 Å². The van der Waals surface area contributed by atoms with E-state index in [0.29, 0.717) is 0 Å². The lowest BCUT2D eigenvalue weighted by atomic mass is 9.80. The molecule has 0 aliphatic heterocycles. The predicted molar refractivity (Wildman–Crippen MR) is 58.6 cm³/mol. The molecule has 2 unspecified atom stereocenters. The summed E-state index contributed by atoms with van der Waals surface area (Å²) >= 11 is 0. The largest absolute Gasteiger partial charge is 0.330 e. The summed E-state index contributed by atoms with van der Waals surface area (Å²) in [6, 6.07) is 0. The fourth-order valence-electron chi connectivity index (χ4n) is 2.26. The van der Waals surface area contributed by atoms with Gasteiger partial charge in [-0.25, -0.2) is 0 Å². The van der Waals surface area contributed by atoms with E-state index in [0.717, 1.165) is 24.8 Å². The van der Waals surface area contributed by atoms with Gasteiger partial charge in [-0.3, -0.25) is 0 Å². The predicted octanol–water partition coefficient (Wildman–Crippen LogP) is 3.11. The number of rotatable bonds is 4. The molecule has 0 aromatic heterocycles. The van der Waals surface area contributed by atoms with Crippen molar-refractivity contribution in [1.29, 1.82) is 0 Å². The summed E-state index contributed by atoms with van der Waals surface area (Å²) in [6.45, 7) is 3.11. The monoisotopic (exact) mass is 181 g/mol. The summed E-state index contributed by atoms with van der Waals surface area (Å²) in [6.07, 6.45) is 12.8. The van der Waals surface area contributed by atoms with Crippen molar-refractivity contribution in [3.63, 3.8) is 0 Å². The Kier molecular flexibility index (Phi) is 5.14. The first-order valence-corrected chi connectivity index (χ1v) is 5.73. The van der Waals surface area contributed by atoms with E-state index in [9.17, 15) is 0 Å². The summed E-state index contributed by atoms with van der Waals surface area (Å²) < 4.78 is 0. The molecule has 1 aliphatic rings. The van der Waals surface area contributed by atoms with Crippen LogP contribution in [0.25, 0.3) is 0 Å². The molecule has 1 nitrogen and oxygen atoms in total. The molecule has 0 aromatic carbocycles. The van der Waals surface area contributed by atoms with Crippen LogP contribution in [0, 0.1) is 11.8 Å². The number of hydrogen-bond donors (Lipinski definition) is 1. The van der Waals surface area contributed by atoms with Crippen molar-refractivity contribution in [1.82, 2.24) is 0 Å². The highest BCUT2D eigenvalue weighted by Crippen LogP contribution is 2.31. The van der Waals surface area contributed by atoms with Crippen LogP contribution in [0.1, 0.15) is 45.4 Å². The maximum absolute atomic E-state index is 5.45. The molecule has 1 aliphatic carbocycles. The third-order valence-corrected chi connectivity index (χ3v) is 3.14. The van der Waals surface area contributed by atoms with Gasteiger partial charge in [-0.15, -0.1) is 0 Å². The first kappa shape index (κ1) is 10.8. The Balaban J connectivity index is 2.25. The summed E-state index contributed by atoms with van der Waals surface area (Å²) in [5.41, 5.74) is 5.45. The normalized spacial score (nSPS) is 29.7. The minimum absolute atomic E-state index is 0.792. The lowest BCUT2D eigenvalue weighted by Crippen LogP contribution is -2.13. The molecule has 1 saturated carbocycles. The van der Waals surface area contributed by atoms with Crippen molar-refractivity contribution >= 4 is 0 Å². The molecule has 13 heavy (non-hydrogen) atoms. The van der Waals surface area contributed by atoms with Gasteiger partial charge in [-0.2, -0.15) is 0 Å². The van der Waals surface area contributed by atoms with Crippen LogP contribution in [-0.2, 0) is 0 Å². The van der Waals surface area contributed by atoms with Crippen molar-refractivity contribution in [3.8, 4) is 0 Å². The highest BCUT2D eigenvalue weighted by molar-refractivity contribution is 4.91. The van der Waals surface area contributed by atoms with E-state index in [1.807, 2.05) is 0 Å². The summed E-state index contributed by atoms with van der Waals surface area (Å²) in [5, 5.41) is 0. The number of nitrogens with two attached hydrogens (primary N) is 1. The van der Waals surface area contributed by atoms with Gasteiger partial charge in [-0.1, -0.05) is 38.3 Å². The van der Waals surface area contributed by atoms with Crippen LogP contribution >= 0.6 is 0 Å². The molecule has 2 N–H and O–H groups in total. The summed E-state index contributed by atoms with van der Waals surface area (Å²) in [5.74, 6) is 1.84. The van der Waals surface area contributed by atoms with E-state index in [1.54, 1.807) is 0 Å². The van der Waals surface area contributed by atoms with E-state index >= 15 is 0 Å². The Labute approximate surface area is 82.4 Å². The molecule has 1 rings (SSSR count). The highest BCUT2D eigenvalue weighted by Gasteiger charge is 2.18. The topological polar surface area (TPSA) is 26.0 Å². The van der Waals surface area contributed by atoms with Crippen LogP contribution in [-0.4, -0.2) is 6.54 Å². The lowest BCUT2D eigenvalue weighted by molar-refractivity contribution is 0.297. The van der Waals surface area contributed by atoms with E-state index in [4.69, 9.17) is 5.73 Å². The van der Waals surface area contributed by atoms with Crippen LogP contribution in [0.4, 0.5) is 0 Å². The van der Waals surface area contributed by atoms with Gasteiger partial charge in [0.15, 0.2) is 0 Å². The maximum atomic E-state index is 5.45. The smallest absolute Gasteiger partial charge is 0.00426 e. The van der Waals surface area contributed by atoms with E-state index in [-0.39, 0.29) is 0 Å². The third-order valence-electron chi connectivity index (χ3n) is 3.14. The molecular weight excluding hydrogens is 158 g/mol. The Morgan fingerprint density at radius 2 is 2.23 bits per heavy atom. The quantitative estimate of drug-likeness (QED) is 0.663. The van der Waals surface area contributed by atoms with E-state index in [2.05, 4.69) is 19.1 Å². The fraction of sp³-hybridized carbons (Fsp3) is 0.833. The Bertz CT molecular complexity index is 151. The average Bonchev–Trinajstić information content (AvgIpc) is 2.19. The lowest BCUT2D eigenvalue weighted by Gasteiger charge is -2.26. The molecule has 2 atom stereocenters. The number of allylic oxidation sites excluding steroid dienone is 1. The van der Waals surface area contributed by atoms with Crippen LogP contribution in [0.3, 0.4) is 0 Å². The molecule has 1 fully saturated rings. The van der Waals surface area contributed by atoms with Gasteiger partial charge in [0.2, 0.25) is 0 Å². The average molecular weight is 181 g/mol. The molecule has 0 saturated heterocycles. The van der Waals surface area contributed by atoms with Gasteiger partial charge in [0.25, 0.3) is 0 Å². The SMILES string of the molecule is CCC1CCCC(/C=C/CCN)C1. The molecule has 0 bridgehead atoms. The zero-order valence-electron chi connectivity index (χ0n) is 8.84. The van der Waals surface area contributed by atoms with Crippen LogP contribution in [0.2, 0.25) is 0 Å². The van der Waals surface area contributed by atoms with Crippen LogP contribution in [0.5, 0.6) is 0 Å². The van der Waals surface area contributed by atoms with Crippen molar-refractivity contribution in [3.05, 3.63) is 12.2 Å². The molecule has 0 spiro atoms. The Morgan fingerprint density at radius 1 is 1.38 bits per heavy atom. The summed E-state index contributed by atoms with van der Waals surface area (Å²) in [7, 11) is 0. The van der Waals surface area contributed by atoms with Gasteiger partial charge in [0, 0.05) is 0 Å². The van der Waals surface area contributed by atoms with Gasteiger partial charge in [0.1, 0.15) is 0 Å². The molecule has 0 radical (unpaired) electrons. The third kappa shape index (κ3) is 3.95. The van der Waals surface area contributed by atoms with Crippen molar-refractivity contribution in [2.45, 2.75) is 45.4 Å². The molecular formula is C12H23N. The van der Waals surface area contributed by atoms with Crippen LogP contribution < -0.4 is 5.73 Å². The van der Waals surface area contributed by atoms with Crippen molar-refractivity contribution in [2.75, 3.05) is 6.54 Å². The molecule has 0 amide bonds. The van der Waals surface area contributed by atoms with Crippen molar-refractivity contribution < 1.29 is 0 Å². The van der Waals surface area contributed by atoms with E-state index in [1.165, 1.54) is 32.1 Å². The zero-order valence-corrected chi connectivity index (χ0v) is 8.84. The first-order valence-electron chi connectivity index (χ1n) is 5.73. The maximum Gasteiger partial charge on any atom is -0.00426 e. The molecule has 0 heterocycles. The van der Waals surface area contributed by atoms with Gasteiger partial charge >= 0.3 is 0 Å². The van der Waals surface area contributed by atoms with Crippen molar-refractivity contribution in [2.24, 2.45) is 17.6 Å². The molecule has 76 valence electrons. The van der Waals surface area contributed by atoms with Crippen LogP contribution in [0.15, 0.2) is 12.2 Å². The van der Waals surface area contributed by atoms with E-state index < -0.39 is 0 Å². The van der Waals surface area contributed by atoms with Gasteiger partial charge in [0.05, 0.1) is 0 Å². The second-order valence-electron chi connectivity index (χ2n) is 4.21. The highest BCUT2D eigenvalue weighted by atomic mass is 14.5. The second-order valence-corrected chi connectivity index (χ2v) is 4.21. The molecule has 0 aromatic rings. The Morgan fingerprint density at radius 3 is 2.92 bits per heavy atom. The standard InChI is InChI=1S/C12H23N/c1-2-11-7-5-8-12(10-11)6-3-4-9-13/h3,6,11-12H,2,4-5,7-10,13H2,1H3/b6-3+. The second kappa shape index (κ2) is 6.20. The first-order chi connectivity index (χ1) is 6.36. The summed E-state index contributed by atoms with van der Waals surface area (Å²) in [4.78, 5) is 0. The van der Waals surface area contributed by atoms with Gasteiger partial charge in [-0.05, 0) is 37.6 Å². The number of hydrogen-bond acceptors (Lipinski definition) is 1. The fourth-order valence-corrected chi connectivity index (χ4v) is 2.26. The zero-order chi connectivity index (χ0) is 9.52. The minimum Gasteiger partial charge on any atom is -0.330 e. The molecule has 1 heteroatoms. The Hall–Kier alpha value is -0.300.